The van der Waals surface area contributed by atoms with Crippen molar-refractivity contribution in [2.24, 2.45) is 5.10 Å². The molecule has 15 heteroatoms. The molecule has 2 saturated heterocycles. The number of benzene rings is 1. The van der Waals surface area contributed by atoms with E-state index in [0.717, 1.165) is 18.7 Å². The Labute approximate surface area is 233 Å². The van der Waals surface area contributed by atoms with Crippen LogP contribution in [0.1, 0.15) is 46.5 Å². The maximum absolute atomic E-state index is 14.8. The third kappa shape index (κ3) is 4.92. The zero-order valence-electron chi connectivity index (χ0n) is 22.1. The van der Waals surface area contributed by atoms with E-state index < -0.39 is 17.7 Å². The van der Waals surface area contributed by atoms with Crippen LogP contribution in [0.5, 0.6) is 0 Å². The number of carbonyl (C=O) groups excluding carboxylic acids is 2. The number of hydrogen-bond donors (Lipinski definition) is 0. The first-order chi connectivity index (χ1) is 19.8. The van der Waals surface area contributed by atoms with Crippen LogP contribution in [0.3, 0.4) is 0 Å². The lowest BCUT2D eigenvalue weighted by Crippen LogP contribution is -2.52. The predicted molar refractivity (Wildman–Crippen MR) is 140 cm³/mol. The zero-order chi connectivity index (χ0) is 28.7. The minimum Gasteiger partial charge on any atom is -0.337 e. The van der Waals surface area contributed by atoms with E-state index in [1.165, 1.54) is 15.8 Å². The van der Waals surface area contributed by atoms with Crippen LogP contribution in [0.25, 0.3) is 5.82 Å². The number of aromatic nitrogens is 5. The Balaban J connectivity index is 1.14. The third-order valence-electron chi connectivity index (χ3n) is 7.31. The molecule has 41 heavy (non-hydrogen) atoms. The highest BCUT2D eigenvalue weighted by Gasteiger charge is 2.34. The molecule has 3 aromatic rings. The highest BCUT2D eigenvalue weighted by atomic mass is 19.1. The summed E-state index contributed by atoms with van der Waals surface area (Å²) in [5.41, 5.74) is 0.669. The van der Waals surface area contributed by atoms with Gasteiger partial charge < -0.3 is 14.7 Å². The van der Waals surface area contributed by atoms with Crippen LogP contribution >= 0.6 is 0 Å². The maximum atomic E-state index is 14.8. The summed E-state index contributed by atoms with van der Waals surface area (Å²) < 4.78 is 30.0. The van der Waals surface area contributed by atoms with Gasteiger partial charge in [0.2, 0.25) is 11.8 Å². The summed E-state index contributed by atoms with van der Waals surface area (Å²) >= 11 is 0. The number of halogens is 2. The van der Waals surface area contributed by atoms with E-state index in [-0.39, 0.29) is 35.1 Å². The van der Waals surface area contributed by atoms with Crippen molar-refractivity contribution in [1.82, 2.24) is 39.5 Å². The normalized spacial score (nSPS) is 18.4. The molecule has 210 valence electrons. The Morgan fingerprint density at radius 2 is 1.80 bits per heavy atom. The number of rotatable bonds is 4. The Morgan fingerprint density at radius 3 is 2.51 bits per heavy atom. The van der Waals surface area contributed by atoms with Gasteiger partial charge in [-0.2, -0.15) is 20.0 Å². The molecule has 0 unspecified atom stereocenters. The number of hydrogen-bond acceptors (Lipinski definition) is 9. The van der Waals surface area contributed by atoms with Gasteiger partial charge in [0.1, 0.15) is 11.6 Å². The first kappa shape index (κ1) is 26.2. The van der Waals surface area contributed by atoms with Gasteiger partial charge in [-0.15, -0.1) is 5.10 Å². The molecular weight excluding hydrogens is 536 g/mol. The number of amides is 3. The summed E-state index contributed by atoms with van der Waals surface area (Å²) in [4.78, 5) is 43.7. The molecule has 3 amide bonds. The number of likely N-dealkylation sites (tertiary alicyclic amines) is 1. The molecule has 3 aliphatic rings. The maximum Gasteiger partial charge on any atom is 0.341 e. The number of anilines is 1. The fourth-order valence-electron chi connectivity index (χ4n) is 4.98. The molecule has 3 aliphatic heterocycles. The average molecular weight is 562 g/mol. The number of aryl methyl sites for hydroxylation is 1. The van der Waals surface area contributed by atoms with E-state index >= 15 is 0 Å². The van der Waals surface area contributed by atoms with Crippen LogP contribution in [0, 0.1) is 29.9 Å². The van der Waals surface area contributed by atoms with E-state index in [9.17, 15) is 23.6 Å². The van der Waals surface area contributed by atoms with Gasteiger partial charge >= 0.3 is 6.03 Å². The van der Waals surface area contributed by atoms with Crippen LogP contribution in [-0.4, -0.2) is 97.0 Å². The highest BCUT2D eigenvalue weighted by Crippen LogP contribution is 2.31. The first-order valence-corrected chi connectivity index (χ1v) is 13.1. The van der Waals surface area contributed by atoms with Crippen LogP contribution in [-0.2, 0) is 0 Å². The number of nitriles is 1. The van der Waals surface area contributed by atoms with Crippen LogP contribution in [0.2, 0.25) is 0 Å². The molecule has 13 nitrogen and oxygen atoms in total. The van der Waals surface area contributed by atoms with Crippen molar-refractivity contribution in [2.75, 3.05) is 44.2 Å². The second-order valence-corrected chi connectivity index (χ2v) is 9.92. The molecular formula is C26H25F2N11O2. The second-order valence-electron chi connectivity index (χ2n) is 9.92. The molecule has 0 bridgehead atoms. The van der Waals surface area contributed by atoms with Gasteiger partial charge in [-0.25, -0.2) is 28.6 Å². The summed E-state index contributed by atoms with van der Waals surface area (Å²) in [6.07, 6.45) is 3.97. The molecule has 0 radical (unpaired) electrons. The number of urea groups is 1. The molecule has 5 heterocycles. The number of hydrazone groups is 1. The molecule has 2 aromatic heterocycles. The molecule has 2 fully saturated rings. The van der Waals surface area contributed by atoms with Gasteiger partial charge in [-0.3, -0.25) is 4.79 Å². The van der Waals surface area contributed by atoms with Crippen molar-refractivity contribution in [3.8, 4) is 11.9 Å². The lowest BCUT2D eigenvalue weighted by Gasteiger charge is -2.37. The number of piperazine rings is 1. The van der Waals surface area contributed by atoms with Gasteiger partial charge in [0.05, 0.1) is 23.9 Å². The fraction of sp³-hybridized carbons (Fsp3) is 0.385. The van der Waals surface area contributed by atoms with Gasteiger partial charge in [0, 0.05) is 51.9 Å². The lowest BCUT2D eigenvalue weighted by molar-refractivity contribution is 0.0639. The lowest BCUT2D eigenvalue weighted by atomic mass is 10.0. The summed E-state index contributed by atoms with van der Waals surface area (Å²) in [6.45, 7) is 4.27. The van der Waals surface area contributed by atoms with E-state index in [4.69, 9.17) is 0 Å². The number of nitrogens with zero attached hydrogens (tertiary/aromatic N) is 11. The van der Waals surface area contributed by atoms with Gasteiger partial charge in [-0.1, -0.05) is 0 Å². The SMILES string of the molecule is Cc1nc(C(=O)N2CCC2)nn1-c1nc(N2CCN(C(=O)N3N=CC[C@H]3c3cc(F)cc(C#N)c3)CC2)ncc1F. The summed E-state index contributed by atoms with van der Waals surface area (Å²) in [5.74, 6) is -1.14. The standard InChI is InChI=1S/C26H25F2N11O2/c1-16-32-22(24(40)35-5-2-6-35)34-38(16)23-20(28)15-30-25(33-23)36-7-9-37(10-8-36)26(41)39-21(3-4-31-39)18-11-17(14-29)12-19(27)13-18/h4,11-13,15,21H,2-3,5-10H2,1H3/t21-/m0/s1. The van der Waals surface area contributed by atoms with E-state index in [0.29, 0.717) is 57.1 Å². The Bertz CT molecular complexity index is 1590. The zero-order valence-corrected chi connectivity index (χ0v) is 22.1. The third-order valence-corrected chi connectivity index (χ3v) is 7.31. The minimum atomic E-state index is -0.714. The van der Waals surface area contributed by atoms with Crippen molar-refractivity contribution < 1.29 is 18.4 Å². The quantitative estimate of drug-likeness (QED) is 0.472. The first-order valence-electron chi connectivity index (χ1n) is 13.1. The van der Waals surface area contributed by atoms with Crippen molar-refractivity contribution in [3.63, 3.8) is 0 Å². The highest BCUT2D eigenvalue weighted by molar-refractivity contribution is 5.91. The molecule has 0 spiro atoms. The largest absolute Gasteiger partial charge is 0.341 e. The van der Waals surface area contributed by atoms with Crippen molar-refractivity contribution >= 4 is 24.1 Å². The smallest absolute Gasteiger partial charge is 0.337 e. The molecule has 0 aliphatic carbocycles. The second kappa shape index (κ2) is 10.5. The fourth-order valence-corrected chi connectivity index (χ4v) is 4.98. The van der Waals surface area contributed by atoms with E-state index in [2.05, 4.69) is 25.2 Å². The van der Waals surface area contributed by atoms with E-state index in [1.54, 1.807) is 29.0 Å². The van der Waals surface area contributed by atoms with Crippen LogP contribution in [0.4, 0.5) is 19.5 Å². The summed E-state index contributed by atoms with van der Waals surface area (Å²) in [6, 6.07) is 5.08. The molecule has 0 saturated carbocycles. The Hall–Kier alpha value is -5.00. The van der Waals surface area contributed by atoms with Crippen LogP contribution in [0.15, 0.2) is 29.5 Å². The Morgan fingerprint density at radius 1 is 1.02 bits per heavy atom. The predicted octanol–water partition coefficient (Wildman–Crippen LogP) is 2.04. The van der Waals surface area contributed by atoms with Gasteiger partial charge in [0.15, 0.2) is 11.6 Å². The van der Waals surface area contributed by atoms with Crippen LogP contribution < -0.4 is 4.90 Å². The topological polar surface area (TPSA) is 140 Å². The van der Waals surface area contributed by atoms with E-state index in [1.807, 2.05) is 11.0 Å². The van der Waals surface area contributed by atoms with Gasteiger partial charge in [0.25, 0.3) is 5.91 Å². The minimum absolute atomic E-state index is 0.0150. The molecule has 6 rings (SSSR count). The monoisotopic (exact) mass is 561 g/mol. The average Bonchev–Trinajstić information content (AvgIpc) is 3.59. The Kier molecular flexibility index (Phi) is 6.73. The molecule has 1 atom stereocenters. The molecule has 1 aromatic carbocycles. The summed E-state index contributed by atoms with van der Waals surface area (Å²) in [7, 11) is 0. The van der Waals surface area contributed by atoms with Crippen molar-refractivity contribution in [3.05, 3.63) is 58.8 Å². The summed E-state index contributed by atoms with van der Waals surface area (Å²) in [5, 5.41) is 18.9. The van der Waals surface area contributed by atoms with Crippen molar-refractivity contribution in [2.45, 2.75) is 25.8 Å². The van der Waals surface area contributed by atoms with Crippen molar-refractivity contribution in [1.29, 1.82) is 5.26 Å². The van der Waals surface area contributed by atoms with Gasteiger partial charge in [-0.05, 0) is 37.1 Å². The number of carbonyl (C=O) groups is 2. The molecule has 0 N–H and O–H groups in total.